The summed E-state index contributed by atoms with van der Waals surface area (Å²) in [6.45, 7) is 1.97. The molecule has 128 valence electrons. The first-order valence-electron chi connectivity index (χ1n) is 7.72. The van der Waals surface area contributed by atoms with Gasteiger partial charge in [0.25, 0.3) is 0 Å². The van der Waals surface area contributed by atoms with Crippen molar-refractivity contribution in [2.24, 2.45) is 0 Å². The van der Waals surface area contributed by atoms with Crippen molar-refractivity contribution < 1.29 is 29.0 Å². The standard InChI is InChI=1S/C19H16O6/c1-2-24-19(23)18-9-12-4-3-11(8-17(12)25-18)7-15(21)14-6-5-13(20)10-16(14)22/h3-6,8-10,20,22H,2,7H2,1H3. The van der Waals surface area contributed by atoms with Gasteiger partial charge in [0, 0.05) is 17.9 Å². The van der Waals surface area contributed by atoms with Gasteiger partial charge >= 0.3 is 5.97 Å². The van der Waals surface area contributed by atoms with Gasteiger partial charge in [0.05, 0.1) is 12.2 Å². The molecule has 0 spiro atoms. The summed E-state index contributed by atoms with van der Waals surface area (Å²) in [6.07, 6.45) is 0.0454. The van der Waals surface area contributed by atoms with Crippen molar-refractivity contribution in [1.29, 1.82) is 0 Å². The van der Waals surface area contributed by atoms with E-state index in [0.29, 0.717) is 11.1 Å². The number of hydrogen-bond acceptors (Lipinski definition) is 6. The Balaban J connectivity index is 1.84. The molecule has 0 aliphatic carbocycles. The van der Waals surface area contributed by atoms with Crippen LogP contribution in [0.3, 0.4) is 0 Å². The van der Waals surface area contributed by atoms with Crippen molar-refractivity contribution >= 4 is 22.7 Å². The molecular formula is C19H16O6. The highest BCUT2D eigenvalue weighted by Crippen LogP contribution is 2.26. The summed E-state index contributed by atoms with van der Waals surface area (Å²) in [6, 6.07) is 10.6. The number of fused-ring (bicyclic) bond motifs is 1. The van der Waals surface area contributed by atoms with Crippen LogP contribution in [0.15, 0.2) is 46.9 Å². The topological polar surface area (TPSA) is 97.0 Å². The molecule has 0 fully saturated rings. The molecule has 0 atom stereocenters. The maximum atomic E-state index is 12.3. The van der Waals surface area contributed by atoms with Gasteiger partial charge in [0.1, 0.15) is 17.1 Å². The number of phenols is 2. The van der Waals surface area contributed by atoms with Gasteiger partial charge in [0.2, 0.25) is 5.76 Å². The maximum absolute atomic E-state index is 12.3. The average molecular weight is 340 g/mol. The zero-order valence-corrected chi connectivity index (χ0v) is 13.5. The molecule has 0 bridgehead atoms. The largest absolute Gasteiger partial charge is 0.508 e. The second kappa shape index (κ2) is 6.68. The third-order valence-electron chi connectivity index (χ3n) is 3.71. The third kappa shape index (κ3) is 3.47. The molecule has 3 rings (SSSR count). The Labute approximate surface area is 143 Å². The number of benzene rings is 2. The Morgan fingerprint density at radius 3 is 2.60 bits per heavy atom. The van der Waals surface area contributed by atoms with Crippen LogP contribution < -0.4 is 0 Å². The Bertz CT molecular complexity index is 954. The molecule has 0 saturated heterocycles. The van der Waals surface area contributed by atoms with Gasteiger partial charge in [-0.3, -0.25) is 4.79 Å². The predicted octanol–water partition coefficient (Wildman–Crippen LogP) is 3.45. The summed E-state index contributed by atoms with van der Waals surface area (Å²) < 4.78 is 10.4. The monoisotopic (exact) mass is 340 g/mol. The number of Topliss-reactive ketones (excluding diaryl/α,β-unsaturated/α-hetero) is 1. The molecule has 0 aliphatic rings. The maximum Gasteiger partial charge on any atom is 0.374 e. The van der Waals surface area contributed by atoms with Crippen LogP contribution in [0.1, 0.15) is 33.4 Å². The lowest BCUT2D eigenvalue weighted by atomic mass is 10.0. The number of carbonyl (C=O) groups is 2. The number of phenolic OH excluding ortho intramolecular Hbond substituents is 2. The van der Waals surface area contributed by atoms with Gasteiger partial charge in [-0.15, -0.1) is 0 Å². The van der Waals surface area contributed by atoms with Crippen LogP contribution in [0.5, 0.6) is 11.5 Å². The fraction of sp³-hybridized carbons (Fsp3) is 0.158. The van der Waals surface area contributed by atoms with E-state index in [9.17, 15) is 19.8 Å². The lowest BCUT2D eigenvalue weighted by Gasteiger charge is -2.04. The Morgan fingerprint density at radius 1 is 1.08 bits per heavy atom. The van der Waals surface area contributed by atoms with E-state index in [1.807, 2.05) is 0 Å². The highest BCUT2D eigenvalue weighted by molar-refractivity contribution is 6.00. The minimum Gasteiger partial charge on any atom is -0.508 e. The molecule has 0 radical (unpaired) electrons. The molecule has 2 aromatic carbocycles. The van der Waals surface area contributed by atoms with Crippen LogP contribution >= 0.6 is 0 Å². The fourth-order valence-electron chi connectivity index (χ4n) is 2.52. The first-order chi connectivity index (χ1) is 12.0. The normalized spacial score (nSPS) is 10.8. The van der Waals surface area contributed by atoms with Crippen LogP contribution in [-0.2, 0) is 11.2 Å². The highest BCUT2D eigenvalue weighted by Gasteiger charge is 2.16. The van der Waals surface area contributed by atoms with E-state index in [1.165, 1.54) is 12.1 Å². The van der Waals surface area contributed by atoms with E-state index < -0.39 is 5.97 Å². The van der Waals surface area contributed by atoms with Gasteiger partial charge < -0.3 is 19.4 Å². The molecule has 25 heavy (non-hydrogen) atoms. The molecule has 0 aliphatic heterocycles. The van der Waals surface area contributed by atoms with Crippen LogP contribution in [0.25, 0.3) is 11.0 Å². The average Bonchev–Trinajstić information content (AvgIpc) is 2.98. The summed E-state index contributed by atoms with van der Waals surface area (Å²) in [5.41, 5.74) is 1.28. The third-order valence-corrected chi connectivity index (χ3v) is 3.71. The number of rotatable bonds is 5. The summed E-state index contributed by atoms with van der Waals surface area (Å²) in [7, 11) is 0. The van der Waals surface area contributed by atoms with Crippen LogP contribution in [0.2, 0.25) is 0 Å². The number of esters is 1. The van der Waals surface area contributed by atoms with Gasteiger partial charge in [-0.2, -0.15) is 0 Å². The molecule has 0 unspecified atom stereocenters. The minimum absolute atomic E-state index is 0.0454. The zero-order valence-electron chi connectivity index (χ0n) is 13.5. The molecule has 0 saturated carbocycles. The Kier molecular flexibility index (Phi) is 4.43. The lowest BCUT2D eigenvalue weighted by molar-refractivity contribution is 0.0492. The molecular weight excluding hydrogens is 324 g/mol. The summed E-state index contributed by atoms with van der Waals surface area (Å²) in [5.74, 6) is -1.11. The summed E-state index contributed by atoms with van der Waals surface area (Å²) in [5, 5.41) is 19.8. The number of hydrogen-bond donors (Lipinski definition) is 2. The minimum atomic E-state index is -0.537. The number of carbonyl (C=O) groups excluding carboxylic acids is 2. The Hall–Kier alpha value is -3.28. The van der Waals surface area contributed by atoms with Crippen molar-refractivity contribution in [1.82, 2.24) is 0 Å². The van der Waals surface area contributed by atoms with E-state index in [0.717, 1.165) is 11.5 Å². The fourth-order valence-corrected chi connectivity index (χ4v) is 2.52. The van der Waals surface area contributed by atoms with Crippen LogP contribution in [-0.4, -0.2) is 28.6 Å². The molecule has 2 N–H and O–H groups in total. The van der Waals surface area contributed by atoms with Crippen molar-refractivity contribution in [2.45, 2.75) is 13.3 Å². The first kappa shape index (κ1) is 16.6. The van der Waals surface area contributed by atoms with Crippen molar-refractivity contribution in [2.75, 3.05) is 6.61 Å². The number of furan rings is 1. The molecule has 3 aromatic rings. The number of ether oxygens (including phenoxy) is 1. The summed E-state index contributed by atoms with van der Waals surface area (Å²) in [4.78, 5) is 24.0. The van der Waals surface area contributed by atoms with Gasteiger partial charge in [-0.1, -0.05) is 12.1 Å². The van der Waals surface area contributed by atoms with Gasteiger partial charge in [-0.25, -0.2) is 4.79 Å². The lowest BCUT2D eigenvalue weighted by Crippen LogP contribution is -2.03. The second-order valence-electron chi connectivity index (χ2n) is 5.50. The van der Waals surface area contributed by atoms with E-state index in [-0.39, 0.29) is 41.6 Å². The van der Waals surface area contributed by atoms with Crippen LogP contribution in [0, 0.1) is 0 Å². The zero-order chi connectivity index (χ0) is 18.0. The van der Waals surface area contributed by atoms with Gasteiger partial charge in [-0.05, 0) is 36.8 Å². The molecule has 0 amide bonds. The summed E-state index contributed by atoms with van der Waals surface area (Å²) >= 11 is 0. The van der Waals surface area contributed by atoms with Crippen LogP contribution in [0.4, 0.5) is 0 Å². The predicted molar refractivity (Wildman–Crippen MR) is 90.0 cm³/mol. The molecule has 1 aromatic heterocycles. The molecule has 6 heteroatoms. The van der Waals surface area contributed by atoms with Gasteiger partial charge in [0.15, 0.2) is 5.78 Å². The highest BCUT2D eigenvalue weighted by atomic mass is 16.5. The number of ketones is 1. The SMILES string of the molecule is CCOC(=O)c1cc2ccc(CC(=O)c3ccc(O)cc3O)cc2o1. The molecule has 6 nitrogen and oxygen atoms in total. The number of aromatic hydroxyl groups is 2. The van der Waals surface area contributed by atoms with Crippen molar-refractivity contribution in [3.05, 3.63) is 59.4 Å². The first-order valence-corrected chi connectivity index (χ1v) is 7.72. The van der Waals surface area contributed by atoms with Crippen molar-refractivity contribution in [3.63, 3.8) is 0 Å². The molecule has 1 heterocycles. The van der Waals surface area contributed by atoms with E-state index in [4.69, 9.17) is 9.15 Å². The van der Waals surface area contributed by atoms with E-state index in [2.05, 4.69) is 0 Å². The Morgan fingerprint density at radius 2 is 1.88 bits per heavy atom. The van der Waals surface area contributed by atoms with Crippen molar-refractivity contribution in [3.8, 4) is 11.5 Å². The van der Waals surface area contributed by atoms with E-state index >= 15 is 0 Å². The van der Waals surface area contributed by atoms with E-state index in [1.54, 1.807) is 31.2 Å². The smallest absolute Gasteiger partial charge is 0.374 e. The quantitative estimate of drug-likeness (QED) is 0.545. The second-order valence-corrected chi connectivity index (χ2v) is 5.50.